The molecule has 5 heteroatoms. The third-order valence-corrected chi connectivity index (χ3v) is 2.13. The Morgan fingerprint density at radius 2 is 2.08 bits per heavy atom. The van der Waals surface area contributed by atoms with Crippen molar-refractivity contribution in [3.63, 3.8) is 0 Å². The van der Waals surface area contributed by atoms with Gasteiger partial charge in [0.05, 0.1) is 17.7 Å². The van der Waals surface area contributed by atoms with Crippen molar-refractivity contribution < 1.29 is 13.2 Å². The number of rotatable bonds is 2. The first-order valence-electron chi connectivity index (χ1n) is 3.23. The van der Waals surface area contributed by atoms with E-state index in [0.29, 0.717) is 11.4 Å². The van der Waals surface area contributed by atoms with Gasteiger partial charge in [-0.15, -0.1) is 0 Å². The van der Waals surface area contributed by atoms with E-state index in [1.54, 1.807) is 0 Å². The van der Waals surface area contributed by atoms with Gasteiger partial charge in [0.25, 0.3) is 0 Å². The summed E-state index contributed by atoms with van der Waals surface area (Å²) in [5, 5.41) is 0. The van der Waals surface area contributed by atoms with Crippen molar-refractivity contribution in [1.82, 2.24) is 0 Å². The first-order chi connectivity index (χ1) is 5.65. The second kappa shape index (κ2) is 3.44. The molecule has 0 saturated heterocycles. The van der Waals surface area contributed by atoms with Crippen molar-refractivity contribution in [2.75, 3.05) is 12.8 Å². The van der Waals surface area contributed by atoms with Gasteiger partial charge in [-0.3, -0.25) is 0 Å². The van der Waals surface area contributed by atoms with Crippen LogP contribution in [0.3, 0.4) is 0 Å². The molecule has 12 heavy (non-hydrogen) atoms. The summed E-state index contributed by atoms with van der Waals surface area (Å²) in [6.45, 7) is 0. The van der Waals surface area contributed by atoms with Crippen LogP contribution in [0, 0.1) is 0 Å². The van der Waals surface area contributed by atoms with Gasteiger partial charge >= 0.3 is 0 Å². The third-order valence-electron chi connectivity index (χ3n) is 1.43. The molecule has 0 aliphatic rings. The molecule has 0 unspecified atom stereocenters. The van der Waals surface area contributed by atoms with Crippen LogP contribution in [-0.2, 0) is 10.7 Å². The van der Waals surface area contributed by atoms with Gasteiger partial charge in [-0.25, -0.2) is 8.42 Å². The van der Waals surface area contributed by atoms with Gasteiger partial charge in [-0.2, -0.15) is 0 Å². The van der Waals surface area contributed by atoms with Gasteiger partial charge < -0.3 is 10.5 Å². The van der Waals surface area contributed by atoms with Crippen LogP contribution in [0.25, 0.3) is 0 Å². The Hall–Kier alpha value is -1.23. The SMILES string of the molecule is COc1cc([SH](=O)=O)ccc1N. The molecule has 0 aliphatic carbocycles. The Labute approximate surface area is 71.9 Å². The monoisotopic (exact) mass is 187 g/mol. The summed E-state index contributed by atoms with van der Waals surface area (Å²) in [6.07, 6.45) is 0. The molecular formula is C7H9NO3S. The van der Waals surface area contributed by atoms with E-state index in [1.165, 1.54) is 25.3 Å². The van der Waals surface area contributed by atoms with Crippen molar-refractivity contribution in [2.45, 2.75) is 4.90 Å². The maximum atomic E-state index is 10.5. The summed E-state index contributed by atoms with van der Waals surface area (Å²) in [5.41, 5.74) is 5.91. The van der Waals surface area contributed by atoms with E-state index < -0.39 is 10.7 Å². The fourth-order valence-corrected chi connectivity index (χ4v) is 1.23. The van der Waals surface area contributed by atoms with E-state index in [0.717, 1.165) is 0 Å². The van der Waals surface area contributed by atoms with Crippen molar-refractivity contribution in [3.05, 3.63) is 18.2 Å². The zero-order valence-corrected chi connectivity index (χ0v) is 7.38. The summed E-state index contributed by atoms with van der Waals surface area (Å²) < 4.78 is 25.9. The number of hydrogen-bond donors (Lipinski definition) is 2. The van der Waals surface area contributed by atoms with Crippen LogP contribution in [0.15, 0.2) is 23.1 Å². The van der Waals surface area contributed by atoms with Crippen molar-refractivity contribution in [2.24, 2.45) is 0 Å². The number of anilines is 1. The molecule has 0 amide bonds. The Bertz CT molecular complexity index is 352. The summed E-state index contributed by atoms with van der Waals surface area (Å²) in [5.74, 6) is 0.381. The molecule has 0 aliphatic heterocycles. The molecule has 0 bridgehead atoms. The Kier molecular flexibility index (Phi) is 2.54. The molecule has 1 aromatic rings. The second-order valence-corrected chi connectivity index (χ2v) is 3.21. The third kappa shape index (κ3) is 1.68. The van der Waals surface area contributed by atoms with E-state index in [1.807, 2.05) is 0 Å². The lowest BCUT2D eigenvalue weighted by Gasteiger charge is -2.03. The molecule has 2 N–H and O–H groups in total. The predicted octanol–water partition coefficient (Wildman–Crippen LogP) is 0.248. The number of ether oxygens (including phenoxy) is 1. The average molecular weight is 187 g/mol. The highest BCUT2D eigenvalue weighted by Gasteiger charge is 2.01. The highest BCUT2D eigenvalue weighted by atomic mass is 32.2. The van der Waals surface area contributed by atoms with Crippen LogP contribution >= 0.6 is 0 Å². The van der Waals surface area contributed by atoms with Crippen LogP contribution < -0.4 is 10.5 Å². The number of benzene rings is 1. The van der Waals surface area contributed by atoms with Crippen LogP contribution in [0.1, 0.15) is 0 Å². The number of nitrogens with two attached hydrogens (primary N) is 1. The highest BCUT2D eigenvalue weighted by Crippen LogP contribution is 2.22. The molecule has 1 aromatic carbocycles. The maximum Gasteiger partial charge on any atom is 0.168 e. The van der Waals surface area contributed by atoms with Crippen LogP contribution in [0.2, 0.25) is 0 Å². The van der Waals surface area contributed by atoms with E-state index in [-0.39, 0.29) is 4.90 Å². The Morgan fingerprint density at radius 3 is 2.58 bits per heavy atom. The number of thiol groups is 1. The number of nitrogen functional groups attached to an aromatic ring is 1. The highest BCUT2D eigenvalue weighted by molar-refractivity contribution is 7.72. The second-order valence-electron chi connectivity index (χ2n) is 2.18. The quantitative estimate of drug-likeness (QED) is 0.514. The van der Waals surface area contributed by atoms with Gasteiger partial charge in [0.15, 0.2) is 10.7 Å². The molecule has 0 radical (unpaired) electrons. The molecule has 0 spiro atoms. The normalized spacial score (nSPS) is 10.2. The van der Waals surface area contributed by atoms with Crippen molar-refractivity contribution >= 4 is 16.4 Å². The zero-order chi connectivity index (χ0) is 9.14. The first kappa shape index (κ1) is 8.86. The van der Waals surface area contributed by atoms with Gasteiger partial charge in [-0.05, 0) is 12.1 Å². The minimum Gasteiger partial charge on any atom is -0.495 e. The van der Waals surface area contributed by atoms with E-state index in [2.05, 4.69) is 0 Å². The summed E-state index contributed by atoms with van der Waals surface area (Å²) >= 11 is 0. The fraction of sp³-hybridized carbons (Fsp3) is 0.143. The lowest BCUT2D eigenvalue weighted by molar-refractivity contribution is 0.415. The van der Waals surface area contributed by atoms with Crippen LogP contribution in [-0.4, -0.2) is 15.5 Å². The lowest BCUT2D eigenvalue weighted by atomic mass is 10.3. The molecule has 0 atom stereocenters. The van der Waals surface area contributed by atoms with Gasteiger partial charge in [-0.1, -0.05) is 0 Å². The smallest absolute Gasteiger partial charge is 0.168 e. The van der Waals surface area contributed by atoms with Crippen molar-refractivity contribution in [3.8, 4) is 5.75 Å². The molecule has 0 saturated carbocycles. The standard InChI is InChI=1S/C7H9NO3S/c1-11-7-4-5(12(9)10)2-3-6(7)8/h2-4,12H,8H2,1H3. The zero-order valence-electron chi connectivity index (χ0n) is 6.48. The van der Waals surface area contributed by atoms with Gasteiger partial charge in [0.1, 0.15) is 5.75 Å². The van der Waals surface area contributed by atoms with Crippen LogP contribution in [0.4, 0.5) is 5.69 Å². The predicted molar refractivity (Wildman–Crippen MR) is 46.0 cm³/mol. The Balaban J connectivity index is 3.22. The minimum absolute atomic E-state index is 0.205. The number of methoxy groups -OCH3 is 1. The molecular weight excluding hydrogens is 178 g/mol. The van der Waals surface area contributed by atoms with E-state index in [4.69, 9.17) is 10.5 Å². The number of hydrogen-bond acceptors (Lipinski definition) is 4. The largest absolute Gasteiger partial charge is 0.495 e. The van der Waals surface area contributed by atoms with Crippen molar-refractivity contribution in [1.29, 1.82) is 0 Å². The summed E-state index contributed by atoms with van der Waals surface area (Å²) in [7, 11) is -1.13. The van der Waals surface area contributed by atoms with Gasteiger partial charge in [0.2, 0.25) is 0 Å². The fourth-order valence-electron chi connectivity index (χ4n) is 0.813. The minimum atomic E-state index is -2.57. The molecule has 0 fully saturated rings. The van der Waals surface area contributed by atoms with Crippen LogP contribution in [0.5, 0.6) is 5.75 Å². The summed E-state index contributed by atoms with van der Waals surface area (Å²) in [6, 6.07) is 4.32. The topological polar surface area (TPSA) is 69.4 Å². The molecule has 4 nitrogen and oxygen atoms in total. The van der Waals surface area contributed by atoms with E-state index in [9.17, 15) is 8.42 Å². The molecule has 0 aromatic heterocycles. The van der Waals surface area contributed by atoms with Gasteiger partial charge in [0, 0.05) is 6.07 Å². The lowest BCUT2D eigenvalue weighted by Crippen LogP contribution is -1.93. The Morgan fingerprint density at radius 1 is 1.42 bits per heavy atom. The molecule has 1 rings (SSSR count). The first-order valence-corrected chi connectivity index (χ1v) is 4.41. The summed E-state index contributed by atoms with van der Waals surface area (Å²) in [4.78, 5) is 0.205. The maximum absolute atomic E-state index is 10.5. The molecule has 0 heterocycles. The molecule has 66 valence electrons. The average Bonchev–Trinajstić information content (AvgIpc) is 2.05. The van der Waals surface area contributed by atoms with E-state index >= 15 is 0 Å².